The molecule has 0 aromatic carbocycles. The predicted molar refractivity (Wildman–Crippen MR) is 377 cm³/mol. The van der Waals surface area contributed by atoms with E-state index in [1.165, 1.54) is 186 Å². The van der Waals surface area contributed by atoms with E-state index in [9.17, 15) is 43.2 Å². The molecule has 0 heterocycles. The van der Waals surface area contributed by atoms with Gasteiger partial charge in [-0.3, -0.25) is 37.3 Å². The van der Waals surface area contributed by atoms with Gasteiger partial charge in [0, 0.05) is 25.7 Å². The maximum absolute atomic E-state index is 13.1. The Hall–Kier alpha value is -1.94. The molecule has 552 valence electrons. The minimum atomic E-state index is -4.95. The van der Waals surface area contributed by atoms with Crippen molar-refractivity contribution in [3.05, 3.63) is 0 Å². The number of esters is 4. The van der Waals surface area contributed by atoms with Gasteiger partial charge in [-0.15, -0.1) is 0 Å². The lowest BCUT2D eigenvalue weighted by Crippen LogP contribution is -2.30. The summed E-state index contributed by atoms with van der Waals surface area (Å²) in [7, 11) is -9.89. The smallest absolute Gasteiger partial charge is 0.462 e. The minimum absolute atomic E-state index is 0.104. The summed E-state index contributed by atoms with van der Waals surface area (Å²) in [6, 6.07) is 0. The maximum Gasteiger partial charge on any atom is 0.472 e. The first-order valence-corrected chi connectivity index (χ1v) is 41.7. The molecule has 0 aliphatic carbocycles. The summed E-state index contributed by atoms with van der Waals surface area (Å²) in [4.78, 5) is 72.4. The van der Waals surface area contributed by atoms with Gasteiger partial charge in [0.1, 0.15) is 19.3 Å². The van der Waals surface area contributed by atoms with Crippen molar-refractivity contribution >= 4 is 39.5 Å². The van der Waals surface area contributed by atoms with Crippen LogP contribution in [0.3, 0.4) is 0 Å². The van der Waals surface area contributed by atoms with Crippen LogP contribution in [0.2, 0.25) is 0 Å². The lowest BCUT2D eigenvalue weighted by molar-refractivity contribution is -0.161. The van der Waals surface area contributed by atoms with E-state index in [-0.39, 0.29) is 25.7 Å². The molecule has 0 aliphatic heterocycles. The number of aliphatic hydroxyl groups excluding tert-OH is 1. The van der Waals surface area contributed by atoms with Gasteiger partial charge in [-0.1, -0.05) is 336 Å². The van der Waals surface area contributed by atoms with Crippen LogP contribution < -0.4 is 0 Å². The molecule has 93 heavy (non-hydrogen) atoms. The highest BCUT2D eigenvalue weighted by molar-refractivity contribution is 7.47. The third-order valence-electron chi connectivity index (χ3n) is 17.6. The van der Waals surface area contributed by atoms with E-state index in [4.69, 9.17) is 37.0 Å². The fourth-order valence-electron chi connectivity index (χ4n) is 11.3. The molecule has 0 fully saturated rings. The van der Waals surface area contributed by atoms with E-state index in [0.717, 1.165) is 121 Å². The normalized spacial score (nSPS) is 14.3. The zero-order valence-corrected chi connectivity index (χ0v) is 62.2. The molecule has 3 N–H and O–H groups in total. The van der Waals surface area contributed by atoms with Gasteiger partial charge >= 0.3 is 39.5 Å². The van der Waals surface area contributed by atoms with Crippen molar-refractivity contribution in [2.45, 2.75) is 406 Å². The zero-order chi connectivity index (χ0) is 68.4. The minimum Gasteiger partial charge on any atom is -0.462 e. The first-order chi connectivity index (χ1) is 45.1. The standard InChI is InChI=1S/C74H144O17P2/c1-6-10-13-16-19-20-21-22-23-24-25-26-27-28-29-34-37-40-45-50-55-60-74(79)91-70(64-85-72(77)58-53-48-44-39-36-33-31-30-32-35-38-43-46-51-56-67(5)9-4)66-89-93(82,83)87-62-68(75)61-86-92(80,81)88-65-69(90-73(78)59-54-49-42-18-15-12-8-3)63-84-71(76)57-52-47-41-17-14-11-7-2/h67-70,75H,6-66H2,1-5H3,(H,80,81)(H,82,83)/t67?,68-,69+,70+/m0/s1. The highest BCUT2D eigenvalue weighted by Crippen LogP contribution is 2.45. The van der Waals surface area contributed by atoms with E-state index < -0.39 is 97.5 Å². The maximum atomic E-state index is 13.1. The second-order valence-electron chi connectivity index (χ2n) is 26.9. The molecule has 0 aromatic heterocycles. The van der Waals surface area contributed by atoms with Crippen LogP contribution in [0, 0.1) is 5.92 Å². The van der Waals surface area contributed by atoms with Crippen molar-refractivity contribution in [2.75, 3.05) is 39.6 Å². The third-order valence-corrected chi connectivity index (χ3v) is 19.5. The van der Waals surface area contributed by atoms with Crippen LogP contribution in [-0.2, 0) is 65.4 Å². The summed E-state index contributed by atoms with van der Waals surface area (Å²) in [5.74, 6) is -1.28. The van der Waals surface area contributed by atoms with Crippen LogP contribution in [0.5, 0.6) is 0 Å². The molecule has 0 saturated heterocycles. The Kier molecular flexibility index (Phi) is 65.9. The molecule has 17 nitrogen and oxygen atoms in total. The average molecular weight is 1370 g/mol. The average Bonchev–Trinajstić information content (AvgIpc) is 3.46. The monoisotopic (exact) mass is 1370 g/mol. The van der Waals surface area contributed by atoms with Gasteiger partial charge in [0.2, 0.25) is 0 Å². The van der Waals surface area contributed by atoms with Crippen molar-refractivity contribution < 1.29 is 80.2 Å². The van der Waals surface area contributed by atoms with Gasteiger partial charge in [0.15, 0.2) is 12.2 Å². The molecule has 0 amide bonds. The fraction of sp³-hybridized carbons (Fsp3) is 0.946. The molecule has 0 saturated carbocycles. The molecule has 3 unspecified atom stereocenters. The Morgan fingerprint density at radius 1 is 0.301 bits per heavy atom. The number of aliphatic hydroxyl groups is 1. The molecule has 0 rings (SSSR count). The van der Waals surface area contributed by atoms with Crippen LogP contribution >= 0.6 is 15.6 Å². The van der Waals surface area contributed by atoms with E-state index in [1.54, 1.807) is 0 Å². The zero-order valence-electron chi connectivity index (χ0n) is 60.4. The lowest BCUT2D eigenvalue weighted by Gasteiger charge is -2.21. The molecular weight excluding hydrogens is 1220 g/mol. The van der Waals surface area contributed by atoms with E-state index >= 15 is 0 Å². The lowest BCUT2D eigenvalue weighted by atomic mass is 9.99. The Morgan fingerprint density at radius 3 is 0.763 bits per heavy atom. The molecule has 0 aromatic rings. The summed E-state index contributed by atoms with van der Waals surface area (Å²) in [5, 5.41) is 10.6. The number of unbranched alkanes of at least 4 members (excludes halogenated alkanes) is 45. The second kappa shape index (κ2) is 67.3. The SMILES string of the molecule is CCCCCCCCCCCCCCCCCCCCCCCC(=O)O[C@H](COC(=O)CCCCCCCCCCCCCCCCC(C)CC)COP(=O)(O)OC[C@@H](O)COP(=O)(O)OC[C@@H](COC(=O)CCCCCCCCC)OC(=O)CCCCCCCCC. The predicted octanol–water partition coefficient (Wildman–Crippen LogP) is 21.7. The highest BCUT2D eigenvalue weighted by Gasteiger charge is 2.30. The Labute approximate surface area is 568 Å². The van der Waals surface area contributed by atoms with Crippen molar-refractivity contribution in [3.63, 3.8) is 0 Å². The van der Waals surface area contributed by atoms with E-state index in [1.807, 2.05) is 0 Å². The molecular formula is C74H144O17P2. The summed E-state index contributed by atoms with van der Waals surface area (Å²) >= 11 is 0. The first kappa shape index (κ1) is 91.1. The first-order valence-electron chi connectivity index (χ1n) is 38.7. The van der Waals surface area contributed by atoms with Crippen LogP contribution in [-0.4, -0.2) is 96.7 Å². The quantitative estimate of drug-likeness (QED) is 0.0222. The number of hydrogen-bond donors (Lipinski definition) is 3. The van der Waals surface area contributed by atoms with E-state index in [2.05, 4.69) is 34.6 Å². The summed E-state index contributed by atoms with van der Waals surface area (Å²) in [5.41, 5.74) is 0. The Balaban J connectivity index is 5.11. The molecule has 0 spiro atoms. The number of rotatable bonds is 74. The second-order valence-corrected chi connectivity index (χ2v) is 29.8. The molecule has 19 heteroatoms. The summed E-state index contributed by atoms with van der Waals surface area (Å²) in [6.07, 6.45) is 56.0. The van der Waals surface area contributed by atoms with Gasteiger partial charge in [-0.2, -0.15) is 0 Å². The number of phosphoric ester groups is 2. The van der Waals surface area contributed by atoms with Gasteiger partial charge in [0.25, 0.3) is 0 Å². The van der Waals surface area contributed by atoms with Crippen molar-refractivity contribution in [1.29, 1.82) is 0 Å². The van der Waals surface area contributed by atoms with Gasteiger partial charge in [-0.25, -0.2) is 9.13 Å². The fourth-order valence-corrected chi connectivity index (χ4v) is 12.9. The van der Waals surface area contributed by atoms with Gasteiger partial charge < -0.3 is 33.8 Å². The van der Waals surface area contributed by atoms with Crippen molar-refractivity contribution in [2.24, 2.45) is 5.92 Å². The van der Waals surface area contributed by atoms with Crippen LogP contribution in [0.25, 0.3) is 0 Å². The number of phosphoric acid groups is 2. The van der Waals surface area contributed by atoms with Gasteiger partial charge in [0.05, 0.1) is 26.4 Å². The summed E-state index contributed by atoms with van der Waals surface area (Å²) < 4.78 is 68.2. The Bertz CT molecular complexity index is 1790. The molecule has 0 bridgehead atoms. The highest BCUT2D eigenvalue weighted by atomic mass is 31.2. The Morgan fingerprint density at radius 2 is 0.516 bits per heavy atom. The number of carbonyl (C=O) groups is 4. The van der Waals surface area contributed by atoms with Crippen molar-refractivity contribution in [1.82, 2.24) is 0 Å². The largest absolute Gasteiger partial charge is 0.472 e. The van der Waals surface area contributed by atoms with Crippen LogP contribution in [0.15, 0.2) is 0 Å². The van der Waals surface area contributed by atoms with E-state index in [0.29, 0.717) is 25.7 Å². The molecule has 6 atom stereocenters. The number of hydrogen-bond acceptors (Lipinski definition) is 15. The van der Waals surface area contributed by atoms with Gasteiger partial charge in [-0.05, 0) is 31.6 Å². The number of ether oxygens (including phenoxy) is 4. The van der Waals surface area contributed by atoms with Crippen molar-refractivity contribution in [3.8, 4) is 0 Å². The topological polar surface area (TPSA) is 237 Å². The molecule has 0 radical (unpaired) electrons. The molecule has 0 aliphatic rings. The van der Waals surface area contributed by atoms with Crippen LogP contribution in [0.4, 0.5) is 0 Å². The third kappa shape index (κ3) is 67.0. The number of carbonyl (C=O) groups excluding carboxylic acids is 4. The van der Waals surface area contributed by atoms with Crippen LogP contribution in [0.1, 0.15) is 388 Å². The summed E-state index contributed by atoms with van der Waals surface area (Å²) in [6.45, 7) is 7.24.